The predicted octanol–water partition coefficient (Wildman–Crippen LogP) is 1.15. The van der Waals surface area contributed by atoms with Gasteiger partial charge in [0.25, 0.3) is 10.2 Å². The minimum atomic E-state index is -3.26. The summed E-state index contributed by atoms with van der Waals surface area (Å²) in [5, 5.41) is 0. The number of ether oxygens (including phenoxy) is 1. The van der Waals surface area contributed by atoms with E-state index in [2.05, 4.69) is 20.7 Å². The SMILES string of the molecule is COc1ccc(Br)cc1CCNS(=O)(=O)N1CC1. The van der Waals surface area contributed by atoms with Gasteiger partial charge < -0.3 is 4.74 Å². The van der Waals surface area contributed by atoms with Gasteiger partial charge in [0.05, 0.1) is 7.11 Å². The van der Waals surface area contributed by atoms with Crippen LogP contribution in [0, 0.1) is 0 Å². The zero-order valence-electron chi connectivity index (χ0n) is 10.0. The number of hydrogen-bond acceptors (Lipinski definition) is 3. The Hall–Kier alpha value is -0.630. The fourth-order valence-corrected chi connectivity index (χ4v) is 3.14. The molecule has 5 nitrogen and oxygen atoms in total. The van der Waals surface area contributed by atoms with Crippen LogP contribution in [0.2, 0.25) is 0 Å². The van der Waals surface area contributed by atoms with Crippen molar-refractivity contribution in [2.24, 2.45) is 0 Å². The summed E-state index contributed by atoms with van der Waals surface area (Å²) in [6.45, 7) is 1.61. The Labute approximate surface area is 115 Å². The number of nitrogens with zero attached hydrogens (tertiary/aromatic N) is 1. The maximum absolute atomic E-state index is 11.6. The highest BCUT2D eigenvalue weighted by molar-refractivity contribution is 9.10. The van der Waals surface area contributed by atoms with Gasteiger partial charge in [0.2, 0.25) is 0 Å². The molecule has 0 aliphatic carbocycles. The van der Waals surface area contributed by atoms with Gasteiger partial charge in [-0.15, -0.1) is 0 Å². The van der Waals surface area contributed by atoms with Crippen LogP contribution in [-0.4, -0.2) is 39.5 Å². The lowest BCUT2D eigenvalue weighted by Crippen LogP contribution is -2.31. The Morgan fingerprint density at radius 1 is 1.44 bits per heavy atom. The van der Waals surface area contributed by atoms with Gasteiger partial charge >= 0.3 is 0 Å². The third-order valence-corrected chi connectivity index (χ3v) is 4.77. The van der Waals surface area contributed by atoms with Crippen LogP contribution in [0.1, 0.15) is 5.56 Å². The molecule has 1 aliphatic heterocycles. The molecule has 1 aromatic rings. The van der Waals surface area contributed by atoms with Crippen LogP contribution >= 0.6 is 15.9 Å². The summed E-state index contributed by atoms with van der Waals surface area (Å²) in [6, 6.07) is 5.69. The third-order valence-electron chi connectivity index (χ3n) is 2.67. The maximum Gasteiger partial charge on any atom is 0.279 e. The largest absolute Gasteiger partial charge is 0.496 e. The number of benzene rings is 1. The zero-order valence-corrected chi connectivity index (χ0v) is 12.4. The highest BCUT2D eigenvalue weighted by Gasteiger charge is 2.30. The van der Waals surface area contributed by atoms with Gasteiger partial charge in [-0.3, -0.25) is 0 Å². The van der Waals surface area contributed by atoms with Gasteiger partial charge in [-0.1, -0.05) is 15.9 Å². The first-order valence-corrected chi connectivity index (χ1v) is 7.83. The second kappa shape index (κ2) is 5.56. The Morgan fingerprint density at radius 2 is 2.17 bits per heavy atom. The number of methoxy groups -OCH3 is 1. The van der Waals surface area contributed by atoms with Crippen LogP contribution in [0.15, 0.2) is 22.7 Å². The molecule has 1 heterocycles. The summed E-state index contributed by atoms with van der Waals surface area (Å²) in [7, 11) is -1.65. The molecule has 1 aromatic carbocycles. The lowest BCUT2D eigenvalue weighted by molar-refractivity contribution is 0.409. The van der Waals surface area contributed by atoms with Crippen molar-refractivity contribution < 1.29 is 13.2 Å². The molecule has 1 saturated heterocycles. The number of hydrogen-bond donors (Lipinski definition) is 1. The van der Waals surface area contributed by atoms with Gasteiger partial charge in [0, 0.05) is 24.1 Å². The van der Waals surface area contributed by atoms with E-state index in [1.807, 2.05) is 18.2 Å². The van der Waals surface area contributed by atoms with Gasteiger partial charge in [-0.25, -0.2) is 4.72 Å². The van der Waals surface area contributed by atoms with Crippen molar-refractivity contribution >= 4 is 26.1 Å². The lowest BCUT2D eigenvalue weighted by atomic mass is 10.1. The van der Waals surface area contributed by atoms with Gasteiger partial charge in [0.1, 0.15) is 5.75 Å². The van der Waals surface area contributed by atoms with E-state index >= 15 is 0 Å². The summed E-state index contributed by atoms with van der Waals surface area (Å²) in [5.41, 5.74) is 0.973. The van der Waals surface area contributed by atoms with Crippen LogP contribution in [0.5, 0.6) is 5.75 Å². The quantitative estimate of drug-likeness (QED) is 0.794. The van der Waals surface area contributed by atoms with E-state index in [0.29, 0.717) is 26.1 Å². The monoisotopic (exact) mass is 334 g/mol. The average molecular weight is 335 g/mol. The Kier molecular flexibility index (Phi) is 4.26. The molecule has 100 valence electrons. The van der Waals surface area contributed by atoms with E-state index in [0.717, 1.165) is 15.8 Å². The van der Waals surface area contributed by atoms with Crippen molar-refractivity contribution in [1.29, 1.82) is 0 Å². The van der Waals surface area contributed by atoms with E-state index < -0.39 is 10.2 Å². The zero-order chi connectivity index (χ0) is 13.2. The first-order valence-electron chi connectivity index (χ1n) is 5.60. The molecule has 18 heavy (non-hydrogen) atoms. The second-order valence-corrected chi connectivity index (χ2v) is 6.68. The van der Waals surface area contributed by atoms with Crippen molar-refractivity contribution in [3.63, 3.8) is 0 Å². The van der Waals surface area contributed by atoms with Crippen LogP contribution in [0.3, 0.4) is 0 Å². The maximum atomic E-state index is 11.6. The van der Waals surface area contributed by atoms with Crippen molar-refractivity contribution in [3.8, 4) is 5.75 Å². The fourth-order valence-electron chi connectivity index (χ4n) is 1.63. The standard InChI is InChI=1S/C11H15BrN2O3S/c1-17-11-3-2-10(12)8-9(11)4-5-13-18(15,16)14-6-7-14/h2-3,8,13H,4-7H2,1H3. The van der Waals surface area contributed by atoms with Crippen LogP contribution in [0.4, 0.5) is 0 Å². The van der Waals surface area contributed by atoms with E-state index in [1.165, 1.54) is 4.31 Å². The first-order chi connectivity index (χ1) is 8.53. The second-order valence-electron chi connectivity index (χ2n) is 4.00. The number of nitrogens with one attached hydrogen (secondary N) is 1. The number of halogens is 1. The van der Waals surface area contributed by atoms with Crippen LogP contribution in [0.25, 0.3) is 0 Å². The van der Waals surface area contributed by atoms with Crippen molar-refractivity contribution in [1.82, 2.24) is 9.03 Å². The average Bonchev–Trinajstić information content (AvgIpc) is 3.13. The molecule has 1 fully saturated rings. The fraction of sp³-hybridized carbons (Fsp3) is 0.455. The molecule has 7 heteroatoms. The highest BCUT2D eigenvalue weighted by atomic mass is 79.9. The van der Waals surface area contributed by atoms with Crippen LogP contribution in [-0.2, 0) is 16.6 Å². The van der Waals surface area contributed by atoms with Crippen molar-refractivity contribution in [2.45, 2.75) is 6.42 Å². The first kappa shape index (κ1) is 13.8. The van der Waals surface area contributed by atoms with E-state index in [4.69, 9.17) is 4.74 Å². The minimum absolute atomic E-state index is 0.367. The Morgan fingerprint density at radius 3 is 2.78 bits per heavy atom. The summed E-state index contributed by atoms with van der Waals surface area (Å²) in [5.74, 6) is 0.768. The molecule has 0 spiro atoms. The van der Waals surface area contributed by atoms with E-state index in [1.54, 1.807) is 7.11 Å². The molecular weight excluding hydrogens is 320 g/mol. The molecular formula is C11H15BrN2O3S. The molecule has 0 radical (unpaired) electrons. The van der Waals surface area contributed by atoms with Crippen LogP contribution < -0.4 is 9.46 Å². The third kappa shape index (κ3) is 3.44. The summed E-state index contributed by atoms with van der Waals surface area (Å²) in [4.78, 5) is 0. The van der Waals surface area contributed by atoms with Crippen molar-refractivity contribution in [3.05, 3.63) is 28.2 Å². The van der Waals surface area contributed by atoms with E-state index in [-0.39, 0.29) is 0 Å². The molecule has 1 aliphatic rings. The summed E-state index contributed by atoms with van der Waals surface area (Å²) >= 11 is 3.39. The predicted molar refractivity (Wildman–Crippen MR) is 72.9 cm³/mol. The van der Waals surface area contributed by atoms with Gasteiger partial charge in [0.15, 0.2) is 0 Å². The molecule has 2 rings (SSSR count). The lowest BCUT2D eigenvalue weighted by Gasteiger charge is -2.10. The van der Waals surface area contributed by atoms with E-state index in [9.17, 15) is 8.42 Å². The molecule has 0 bridgehead atoms. The molecule has 0 aromatic heterocycles. The van der Waals surface area contributed by atoms with Gasteiger partial charge in [-0.2, -0.15) is 12.7 Å². The molecule has 0 saturated carbocycles. The Balaban J connectivity index is 1.95. The molecule has 0 atom stereocenters. The van der Waals surface area contributed by atoms with Crippen molar-refractivity contribution in [2.75, 3.05) is 26.7 Å². The summed E-state index contributed by atoms with van der Waals surface area (Å²) in [6.07, 6.45) is 0.593. The smallest absolute Gasteiger partial charge is 0.279 e. The molecule has 0 unspecified atom stereocenters. The number of rotatable bonds is 6. The topological polar surface area (TPSA) is 58.4 Å². The summed E-state index contributed by atoms with van der Waals surface area (Å²) < 4.78 is 33.3. The minimum Gasteiger partial charge on any atom is -0.496 e. The highest BCUT2D eigenvalue weighted by Crippen LogP contribution is 2.23. The van der Waals surface area contributed by atoms with Gasteiger partial charge in [-0.05, 0) is 30.2 Å². The molecule has 0 amide bonds. The molecule has 1 N–H and O–H groups in total. The Bertz CT molecular complexity index is 529. The normalized spacial score (nSPS) is 15.7.